The van der Waals surface area contributed by atoms with E-state index in [1.807, 2.05) is 0 Å². The van der Waals surface area contributed by atoms with Crippen LogP contribution in [0.1, 0.15) is 0 Å². The van der Waals surface area contributed by atoms with E-state index in [0.29, 0.717) is 0 Å². The van der Waals surface area contributed by atoms with Gasteiger partial charge in [0, 0.05) is 4.91 Å². The minimum atomic E-state index is -0.0218. The molecule has 0 bridgehead atoms. The predicted octanol–water partition coefficient (Wildman–Crippen LogP) is 2.09. The highest BCUT2D eigenvalue weighted by Crippen LogP contribution is 2.33. The summed E-state index contributed by atoms with van der Waals surface area (Å²) in [5, 5.41) is 3.27. The van der Waals surface area contributed by atoms with Crippen LogP contribution in [-0.4, -0.2) is 24.2 Å². The Kier molecular flexibility index (Phi) is 3.33. The molecule has 0 unspecified atom stereocenters. The van der Waals surface area contributed by atoms with Crippen LogP contribution in [0.3, 0.4) is 0 Å². The van der Waals surface area contributed by atoms with Crippen molar-refractivity contribution in [2.75, 3.05) is 14.2 Å². The van der Waals surface area contributed by atoms with E-state index in [9.17, 15) is 0 Å². The molecule has 0 amide bonds. The fraction of sp³-hybridized carbons (Fsp3) is 0.333. The SMILES string of the molecule is COc1nc(Cl)c(N=[N+]=[N-])c(OC)n1. The molecule has 0 N–H and O–H groups in total. The molecule has 1 rings (SSSR count). The number of ether oxygens (including phenoxy) is 2. The van der Waals surface area contributed by atoms with Crippen molar-refractivity contribution in [2.45, 2.75) is 0 Å². The summed E-state index contributed by atoms with van der Waals surface area (Å²) in [7, 11) is 2.76. The lowest BCUT2D eigenvalue weighted by Gasteiger charge is -2.05. The monoisotopic (exact) mass is 215 g/mol. The smallest absolute Gasteiger partial charge is 0.320 e. The summed E-state index contributed by atoms with van der Waals surface area (Å²) in [6.45, 7) is 0. The maximum atomic E-state index is 8.25. The largest absolute Gasteiger partial charge is 0.480 e. The van der Waals surface area contributed by atoms with Gasteiger partial charge in [-0.05, 0) is 5.53 Å². The number of hydrogen-bond donors (Lipinski definition) is 0. The van der Waals surface area contributed by atoms with Gasteiger partial charge in [0.15, 0.2) is 0 Å². The summed E-state index contributed by atoms with van der Waals surface area (Å²) in [5.74, 6) is 0.0691. The van der Waals surface area contributed by atoms with E-state index in [0.717, 1.165) is 0 Å². The lowest BCUT2D eigenvalue weighted by molar-refractivity contribution is 0.353. The molecular formula is C6H6ClN5O2. The molecule has 0 aliphatic rings. The van der Waals surface area contributed by atoms with Crippen molar-refractivity contribution in [2.24, 2.45) is 5.11 Å². The summed E-state index contributed by atoms with van der Waals surface area (Å²) < 4.78 is 9.59. The molecule has 0 aromatic carbocycles. The van der Waals surface area contributed by atoms with E-state index in [1.165, 1.54) is 14.2 Å². The molecule has 0 radical (unpaired) electrons. The first kappa shape index (κ1) is 10.4. The van der Waals surface area contributed by atoms with Crippen molar-refractivity contribution >= 4 is 17.3 Å². The molecule has 0 aliphatic carbocycles. The van der Waals surface area contributed by atoms with Crippen LogP contribution in [0.25, 0.3) is 10.4 Å². The van der Waals surface area contributed by atoms with Crippen LogP contribution >= 0.6 is 11.6 Å². The summed E-state index contributed by atoms with van der Waals surface area (Å²) in [4.78, 5) is 10.1. The fourth-order valence-corrected chi connectivity index (χ4v) is 0.943. The van der Waals surface area contributed by atoms with Gasteiger partial charge in [0.2, 0.25) is 5.88 Å². The normalized spacial score (nSPS) is 9.07. The van der Waals surface area contributed by atoms with E-state index in [4.69, 9.17) is 26.6 Å². The molecule has 14 heavy (non-hydrogen) atoms. The minimum absolute atomic E-state index is 0.0218. The van der Waals surface area contributed by atoms with E-state index < -0.39 is 0 Å². The Balaban J connectivity index is 3.34. The fourth-order valence-electron chi connectivity index (χ4n) is 0.752. The maximum absolute atomic E-state index is 8.25. The Bertz CT molecular complexity index is 390. The first-order valence-corrected chi connectivity index (χ1v) is 3.81. The van der Waals surface area contributed by atoms with Gasteiger partial charge in [-0.1, -0.05) is 16.7 Å². The van der Waals surface area contributed by atoms with Crippen LogP contribution in [0, 0.1) is 0 Å². The molecule has 1 aromatic heterocycles. The second kappa shape index (κ2) is 4.50. The van der Waals surface area contributed by atoms with Crippen LogP contribution in [0.2, 0.25) is 5.15 Å². The molecule has 74 valence electrons. The van der Waals surface area contributed by atoms with Crippen LogP contribution in [0.4, 0.5) is 5.69 Å². The molecule has 0 aliphatic heterocycles. The lowest BCUT2D eigenvalue weighted by Crippen LogP contribution is -1.96. The highest BCUT2D eigenvalue weighted by Gasteiger charge is 2.12. The molecule has 0 fully saturated rings. The van der Waals surface area contributed by atoms with Crippen molar-refractivity contribution in [1.82, 2.24) is 9.97 Å². The Morgan fingerprint density at radius 1 is 1.36 bits per heavy atom. The zero-order valence-electron chi connectivity index (χ0n) is 7.43. The zero-order chi connectivity index (χ0) is 10.6. The van der Waals surface area contributed by atoms with Crippen LogP contribution < -0.4 is 9.47 Å². The number of nitrogens with zero attached hydrogens (tertiary/aromatic N) is 5. The van der Waals surface area contributed by atoms with Gasteiger partial charge in [0.25, 0.3) is 0 Å². The predicted molar refractivity (Wildman–Crippen MR) is 49.0 cm³/mol. The summed E-state index contributed by atoms with van der Waals surface area (Å²) >= 11 is 5.69. The highest BCUT2D eigenvalue weighted by atomic mass is 35.5. The molecular weight excluding hydrogens is 210 g/mol. The quantitative estimate of drug-likeness (QED) is 0.334. The number of hydrogen-bond acceptors (Lipinski definition) is 5. The second-order valence-electron chi connectivity index (χ2n) is 2.05. The van der Waals surface area contributed by atoms with Gasteiger partial charge < -0.3 is 9.47 Å². The van der Waals surface area contributed by atoms with Crippen LogP contribution in [0.15, 0.2) is 5.11 Å². The van der Waals surface area contributed by atoms with Crippen molar-refractivity contribution in [3.63, 3.8) is 0 Å². The summed E-state index contributed by atoms with van der Waals surface area (Å²) in [6, 6.07) is 0.0451. The van der Waals surface area contributed by atoms with Gasteiger partial charge in [0.1, 0.15) is 10.8 Å². The number of methoxy groups -OCH3 is 2. The van der Waals surface area contributed by atoms with Gasteiger partial charge >= 0.3 is 6.01 Å². The molecule has 0 atom stereocenters. The molecule has 1 heterocycles. The third-order valence-corrected chi connectivity index (χ3v) is 1.57. The van der Waals surface area contributed by atoms with Crippen molar-refractivity contribution in [1.29, 1.82) is 0 Å². The number of azide groups is 1. The maximum Gasteiger partial charge on any atom is 0.320 e. The number of aromatic nitrogens is 2. The van der Waals surface area contributed by atoms with Gasteiger partial charge in [-0.25, -0.2) is 0 Å². The highest BCUT2D eigenvalue weighted by molar-refractivity contribution is 6.32. The Morgan fingerprint density at radius 3 is 2.57 bits per heavy atom. The first-order valence-electron chi connectivity index (χ1n) is 3.43. The minimum Gasteiger partial charge on any atom is -0.480 e. The molecule has 0 saturated carbocycles. The van der Waals surface area contributed by atoms with E-state index in [2.05, 4.69) is 20.0 Å². The molecule has 7 nitrogen and oxygen atoms in total. The summed E-state index contributed by atoms with van der Waals surface area (Å²) in [5.41, 5.74) is 8.29. The van der Waals surface area contributed by atoms with Gasteiger partial charge in [0.05, 0.1) is 14.2 Å². The van der Waals surface area contributed by atoms with Gasteiger partial charge in [-0.3, -0.25) is 0 Å². The summed E-state index contributed by atoms with van der Waals surface area (Å²) in [6.07, 6.45) is 0. The first-order chi connectivity index (χ1) is 6.72. The average molecular weight is 216 g/mol. The van der Waals surface area contributed by atoms with Crippen molar-refractivity contribution in [3.8, 4) is 11.9 Å². The topological polar surface area (TPSA) is 93.0 Å². The molecule has 8 heteroatoms. The third kappa shape index (κ3) is 1.95. The lowest BCUT2D eigenvalue weighted by atomic mass is 10.5. The number of halogens is 1. The van der Waals surface area contributed by atoms with Gasteiger partial charge in [-0.2, -0.15) is 9.97 Å². The van der Waals surface area contributed by atoms with E-state index in [-0.39, 0.29) is 22.7 Å². The number of rotatable bonds is 3. The Morgan fingerprint density at radius 2 is 2.07 bits per heavy atom. The standard InChI is InChI=1S/C6H6ClN5O2/c1-13-5-3(11-12-8)4(7)9-6(10-5)14-2/h1-2H3. The second-order valence-corrected chi connectivity index (χ2v) is 2.41. The molecule has 1 aromatic rings. The van der Waals surface area contributed by atoms with Crippen LogP contribution in [-0.2, 0) is 0 Å². The van der Waals surface area contributed by atoms with Gasteiger partial charge in [-0.15, -0.1) is 0 Å². The molecule has 0 spiro atoms. The van der Waals surface area contributed by atoms with E-state index in [1.54, 1.807) is 0 Å². The zero-order valence-corrected chi connectivity index (χ0v) is 8.19. The van der Waals surface area contributed by atoms with E-state index >= 15 is 0 Å². The van der Waals surface area contributed by atoms with Crippen LogP contribution in [0.5, 0.6) is 11.9 Å². The molecule has 0 saturated heterocycles. The Labute approximate surface area is 84.3 Å². The van der Waals surface area contributed by atoms with Crippen molar-refractivity contribution in [3.05, 3.63) is 15.6 Å². The Hall–Kier alpha value is -1.72. The average Bonchev–Trinajstić information content (AvgIpc) is 2.20. The third-order valence-electron chi connectivity index (χ3n) is 1.31. The van der Waals surface area contributed by atoms with Crippen molar-refractivity contribution < 1.29 is 9.47 Å².